The Morgan fingerprint density at radius 3 is 2.59 bits per heavy atom. The van der Waals surface area contributed by atoms with Crippen LogP contribution in [0.25, 0.3) is 22.2 Å². The number of fused-ring (bicyclic) bond motifs is 1. The molecule has 0 radical (unpaired) electrons. The van der Waals surface area contributed by atoms with Crippen molar-refractivity contribution in [1.29, 1.82) is 0 Å². The van der Waals surface area contributed by atoms with Crippen molar-refractivity contribution in [3.05, 3.63) is 74.7 Å². The quantitative estimate of drug-likeness (QED) is 0.497. The molecule has 9 heteroatoms. The number of halogens is 3. The summed E-state index contributed by atoms with van der Waals surface area (Å²) in [6, 6.07) is 8.14. The average molecular weight is 417 g/mol. The van der Waals surface area contributed by atoms with Crippen LogP contribution in [0.15, 0.2) is 45.7 Å². The highest BCUT2D eigenvalue weighted by molar-refractivity contribution is 6.30. The van der Waals surface area contributed by atoms with Crippen LogP contribution in [0.3, 0.4) is 0 Å². The van der Waals surface area contributed by atoms with E-state index >= 15 is 0 Å². The molecule has 0 aliphatic rings. The molecule has 2 N–H and O–H groups in total. The molecule has 29 heavy (non-hydrogen) atoms. The Labute approximate surface area is 168 Å². The Balaban J connectivity index is 2.03. The molecule has 0 aliphatic carbocycles. The number of nitrogen functional groups attached to an aromatic ring is 1. The fourth-order valence-electron chi connectivity index (χ4n) is 3.20. The Hall–Kier alpha value is -3.26. The summed E-state index contributed by atoms with van der Waals surface area (Å²) in [4.78, 5) is 13.1. The molecule has 2 aromatic carbocycles. The zero-order valence-corrected chi connectivity index (χ0v) is 16.2. The lowest BCUT2D eigenvalue weighted by Crippen LogP contribution is -2.27. The smallest absolute Gasteiger partial charge is 0.280 e. The Morgan fingerprint density at radius 2 is 1.90 bits per heavy atom. The van der Waals surface area contributed by atoms with Gasteiger partial charge in [-0.3, -0.25) is 4.79 Å². The van der Waals surface area contributed by atoms with E-state index in [4.69, 9.17) is 21.9 Å². The summed E-state index contributed by atoms with van der Waals surface area (Å²) < 4.78 is 34.4. The summed E-state index contributed by atoms with van der Waals surface area (Å²) >= 11 is 5.94. The Morgan fingerprint density at radius 1 is 1.21 bits per heavy atom. The maximum atomic E-state index is 14.1. The molecule has 0 saturated carbocycles. The van der Waals surface area contributed by atoms with Crippen molar-refractivity contribution in [3.63, 3.8) is 0 Å². The Bertz CT molecular complexity index is 1300. The van der Waals surface area contributed by atoms with Crippen molar-refractivity contribution < 1.29 is 13.3 Å². The van der Waals surface area contributed by atoms with Gasteiger partial charge in [-0.05, 0) is 37.6 Å². The molecular formula is C20H15ClF2N4O2. The summed E-state index contributed by atoms with van der Waals surface area (Å²) in [5.74, 6) is -1.77. The monoisotopic (exact) mass is 416 g/mol. The van der Waals surface area contributed by atoms with Crippen LogP contribution in [0.1, 0.15) is 24.2 Å². The average Bonchev–Trinajstić information content (AvgIpc) is 3.07. The zero-order valence-electron chi connectivity index (χ0n) is 15.4. The SMILES string of the molecule is Cc1noc2c(-c3cc(F)cc(F)c3N)nn(C(C)c3ccc(Cl)cc3)c(=O)c12. The molecule has 0 aliphatic heterocycles. The van der Waals surface area contributed by atoms with Crippen LogP contribution in [-0.4, -0.2) is 14.9 Å². The van der Waals surface area contributed by atoms with Crippen LogP contribution < -0.4 is 11.3 Å². The molecule has 148 valence electrons. The third-order valence-electron chi connectivity index (χ3n) is 4.78. The third kappa shape index (κ3) is 3.15. The van der Waals surface area contributed by atoms with Gasteiger partial charge in [-0.15, -0.1) is 0 Å². The Kier molecular flexibility index (Phi) is 4.58. The van der Waals surface area contributed by atoms with Gasteiger partial charge in [0.1, 0.15) is 22.7 Å². The van der Waals surface area contributed by atoms with Crippen molar-refractivity contribution in [1.82, 2.24) is 14.9 Å². The summed E-state index contributed by atoms with van der Waals surface area (Å²) in [7, 11) is 0. The van der Waals surface area contributed by atoms with E-state index in [9.17, 15) is 13.6 Å². The number of aromatic nitrogens is 3. The molecule has 0 saturated heterocycles. The van der Waals surface area contributed by atoms with Crippen LogP contribution in [0.2, 0.25) is 5.02 Å². The molecule has 4 aromatic rings. The lowest BCUT2D eigenvalue weighted by atomic mass is 10.1. The first-order chi connectivity index (χ1) is 13.8. The van der Waals surface area contributed by atoms with Gasteiger partial charge in [0, 0.05) is 16.7 Å². The van der Waals surface area contributed by atoms with Crippen molar-refractivity contribution in [2.24, 2.45) is 0 Å². The number of hydrogen-bond donors (Lipinski definition) is 1. The van der Waals surface area contributed by atoms with Crippen molar-refractivity contribution in [3.8, 4) is 11.3 Å². The molecule has 0 fully saturated rings. The largest absolute Gasteiger partial charge is 0.396 e. The summed E-state index contributed by atoms with van der Waals surface area (Å²) in [5, 5.41) is 8.90. The molecule has 1 atom stereocenters. The van der Waals surface area contributed by atoms with E-state index in [-0.39, 0.29) is 27.9 Å². The highest BCUT2D eigenvalue weighted by Gasteiger charge is 2.24. The van der Waals surface area contributed by atoms with Gasteiger partial charge >= 0.3 is 0 Å². The lowest BCUT2D eigenvalue weighted by Gasteiger charge is -2.16. The van der Waals surface area contributed by atoms with Crippen molar-refractivity contribution >= 4 is 28.3 Å². The van der Waals surface area contributed by atoms with Gasteiger partial charge in [-0.1, -0.05) is 28.9 Å². The molecule has 1 unspecified atom stereocenters. The molecular weight excluding hydrogens is 402 g/mol. The molecule has 6 nitrogen and oxygen atoms in total. The first kappa shape index (κ1) is 19.1. The van der Waals surface area contributed by atoms with Gasteiger partial charge in [-0.25, -0.2) is 13.5 Å². The van der Waals surface area contributed by atoms with E-state index in [1.807, 2.05) is 0 Å². The highest BCUT2D eigenvalue weighted by Crippen LogP contribution is 2.33. The summed E-state index contributed by atoms with van der Waals surface area (Å²) in [6.45, 7) is 3.37. The van der Waals surface area contributed by atoms with Gasteiger partial charge in [0.2, 0.25) is 5.58 Å². The summed E-state index contributed by atoms with van der Waals surface area (Å²) in [6.07, 6.45) is 0. The van der Waals surface area contributed by atoms with E-state index in [0.29, 0.717) is 16.8 Å². The normalized spacial score (nSPS) is 12.4. The number of rotatable bonds is 3. The van der Waals surface area contributed by atoms with Gasteiger partial charge in [0.05, 0.1) is 17.4 Å². The van der Waals surface area contributed by atoms with Gasteiger partial charge in [0.25, 0.3) is 5.56 Å². The highest BCUT2D eigenvalue weighted by atomic mass is 35.5. The van der Waals surface area contributed by atoms with E-state index in [1.54, 1.807) is 38.1 Å². The maximum absolute atomic E-state index is 14.1. The minimum Gasteiger partial charge on any atom is -0.396 e. The van der Waals surface area contributed by atoms with Gasteiger partial charge < -0.3 is 10.3 Å². The second-order valence-electron chi connectivity index (χ2n) is 6.65. The first-order valence-electron chi connectivity index (χ1n) is 8.67. The standard InChI is InChI=1S/C20H15ClF2N4O2/c1-9-16-19(29-26-9)18(14-7-13(22)8-15(23)17(14)24)25-27(20(16)28)10(2)11-3-5-12(21)6-4-11/h3-8,10H,24H2,1-2H3. The van der Waals surface area contributed by atoms with E-state index < -0.39 is 23.2 Å². The fourth-order valence-corrected chi connectivity index (χ4v) is 3.32. The number of nitrogens with zero attached hydrogens (tertiary/aromatic N) is 3. The zero-order chi connectivity index (χ0) is 20.9. The fraction of sp³-hybridized carbons (Fsp3) is 0.150. The second-order valence-corrected chi connectivity index (χ2v) is 7.08. The third-order valence-corrected chi connectivity index (χ3v) is 5.03. The van der Waals surface area contributed by atoms with Crippen molar-refractivity contribution in [2.75, 3.05) is 5.73 Å². The minimum atomic E-state index is -0.935. The van der Waals surface area contributed by atoms with Crippen LogP contribution in [-0.2, 0) is 0 Å². The predicted molar refractivity (Wildman–Crippen MR) is 106 cm³/mol. The van der Waals surface area contributed by atoms with Crippen LogP contribution in [0, 0.1) is 18.6 Å². The molecule has 0 bridgehead atoms. The van der Waals surface area contributed by atoms with E-state index in [2.05, 4.69) is 10.3 Å². The van der Waals surface area contributed by atoms with Gasteiger partial charge in [0.15, 0.2) is 0 Å². The number of aryl methyl sites for hydroxylation is 1. The molecule has 2 heterocycles. The van der Waals surface area contributed by atoms with E-state index in [1.165, 1.54) is 4.68 Å². The molecule has 2 aromatic heterocycles. The number of benzene rings is 2. The first-order valence-corrected chi connectivity index (χ1v) is 9.05. The van der Waals surface area contributed by atoms with Crippen LogP contribution >= 0.6 is 11.6 Å². The topological polar surface area (TPSA) is 86.9 Å². The van der Waals surface area contributed by atoms with Crippen LogP contribution in [0.4, 0.5) is 14.5 Å². The summed E-state index contributed by atoms with van der Waals surface area (Å²) in [5.41, 5.74) is 6.19. The number of hydrogen-bond acceptors (Lipinski definition) is 5. The van der Waals surface area contributed by atoms with Crippen LogP contribution in [0.5, 0.6) is 0 Å². The molecule has 4 rings (SSSR count). The number of anilines is 1. The van der Waals surface area contributed by atoms with Crippen molar-refractivity contribution in [2.45, 2.75) is 19.9 Å². The maximum Gasteiger partial charge on any atom is 0.280 e. The number of nitrogens with two attached hydrogens (primary N) is 1. The lowest BCUT2D eigenvalue weighted by molar-refractivity contribution is 0.448. The molecule has 0 amide bonds. The predicted octanol–water partition coefficient (Wildman–Crippen LogP) is 4.48. The minimum absolute atomic E-state index is 0.0174. The van der Waals surface area contributed by atoms with Gasteiger partial charge in [-0.2, -0.15) is 5.10 Å². The van der Waals surface area contributed by atoms with E-state index in [0.717, 1.165) is 11.6 Å². The second kappa shape index (κ2) is 6.97. The molecule has 0 spiro atoms.